The third kappa shape index (κ3) is 2.55. The van der Waals surface area contributed by atoms with Crippen LogP contribution in [0, 0.1) is 0 Å². The lowest BCUT2D eigenvalue weighted by Gasteiger charge is -2.14. The van der Waals surface area contributed by atoms with Crippen molar-refractivity contribution in [2.45, 2.75) is 26.3 Å². The molecular formula is C19H19N5O4. The van der Waals surface area contributed by atoms with E-state index in [-0.39, 0.29) is 34.9 Å². The first-order chi connectivity index (χ1) is 13.4. The number of benzene rings is 1. The van der Waals surface area contributed by atoms with Gasteiger partial charge in [0.15, 0.2) is 11.2 Å². The second kappa shape index (κ2) is 6.52. The lowest BCUT2D eigenvalue weighted by atomic mass is 10.1. The monoisotopic (exact) mass is 381 g/mol. The summed E-state index contributed by atoms with van der Waals surface area (Å²) in [5, 5.41) is 10.8. The Kier molecular flexibility index (Phi) is 4.14. The lowest BCUT2D eigenvalue weighted by molar-refractivity contribution is 0.411. The van der Waals surface area contributed by atoms with Gasteiger partial charge in [0.25, 0.3) is 11.1 Å². The molecule has 3 heterocycles. The maximum Gasteiger partial charge on any atom is 0.329 e. The van der Waals surface area contributed by atoms with Crippen LogP contribution in [0.5, 0.6) is 5.88 Å². The molecule has 0 radical (unpaired) electrons. The third-order valence-corrected chi connectivity index (χ3v) is 4.81. The standard InChI is InChI=1S/C19H19N5O4/c1-3-7-12-16(26)23(10-11-8-5-4-6-9-11)18-20-14-13(24(18)17(12)27)15(25)21-19(28)22(14)2/h4-6,8-9,26H,3,7,10H2,1-2H3,(H,21,25,28). The summed E-state index contributed by atoms with van der Waals surface area (Å²) in [6.45, 7) is 2.15. The number of aromatic nitrogens is 5. The SMILES string of the molecule is CCCc1c(O)n(Cc2ccccc2)c2nc3c(c(=O)[nH]c(=O)n3C)n2c1=O. The highest BCUT2D eigenvalue weighted by Gasteiger charge is 2.22. The fourth-order valence-electron chi connectivity index (χ4n) is 3.41. The molecule has 0 amide bonds. The van der Waals surface area contributed by atoms with Crippen molar-refractivity contribution < 1.29 is 5.11 Å². The van der Waals surface area contributed by atoms with E-state index in [0.29, 0.717) is 12.8 Å². The van der Waals surface area contributed by atoms with Crippen molar-refractivity contribution in [2.24, 2.45) is 7.05 Å². The van der Waals surface area contributed by atoms with Gasteiger partial charge in [0.1, 0.15) is 0 Å². The molecule has 0 bridgehead atoms. The van der Waals surface area contributed by atoms with Gasteiger partial charge in [-0.3, -0.25) is 23.7 Å². The van der Waals surface area contributed by atoms with Gasteiger partial charge in [-0.1, -0.05) is 43.7 Å². The Labute approximate surface area is 158 Å². The summed E-state index contributed by atoms with van der Waals surface area (Å²) in [6.07, 6.45) is 0.986. The van der Waals surface area contributed by atoms with Gasteiger partial charge in [-0.05, 0) is 12.0 Å². The number of aryl methyl sites for hydroxylation is 1. The third-order valence-electron chi connectivity index (χ3n) is 4.81. The number of nitrogens with one attached hydrogen (secondary N) is 1. The Balaban J connectivity index is 2.19. The largest absolute Gasteiger partial charge is 0.494 e. The van der Waals surface area contributed by atoms with Gasteiger partial charge in [0.05, 0.1) is 12.1 Å². The normalized spacial score (nSPS) is 11.5. The summed E-state index contributed by atoms with van der Waals surface area (Å²) in [4.78, 5) is 44.1. The molecule has 2 N–H and O–H groups in total. The van der Waals surface area contributed by atoms with Crippen molar-refractivity contribution in [1.29, 1.82) is 0 Å². The molecule has 0 unspecified atom stereocenters. The minimum atomic E-state index is -0.693. The minimum Gasteiger partial charge on any atom is -0.494 e. The molecule has 0 aliphatic carbocycles. The van der Waals surface area contributed by atoms with Crippen LogP contribution in [0.25, 0.3) is 16.9 Å². The van der Waals surface area contributed by atoms with E-state index < -0.39 is 16.8 Å². The van der Waals surface area contributed by atoms with Crippen LogP contribution in [0.3, 0.4) is 0 Å². The molecule has 28 heavy (non-hydrogen) atoms. The topological polar surface area (TPSA) is 114 Å². The molecule has 4 aromatic rings. The van der Waals surface area contributed by atoms with E-state index in [2.05, 4.69) is 9.97 Å². The number of aromatic hydroxyl groups is 1. The van der Waals surface area contributed by atoms with E-state index in [9.17, 15) is 19.5 Å². The summed E-state index contributed by atoms with van der Waals surface area (Å²) in [6, 6.07) is 9.40. The minimum absolute atomic E-state index is 0.0127. The fraction of sp³-hybridized carbons (Fsp3) is 0.263. The van der Waals surface area contributed by atoms with Crippen LogP contribution in [-0.4, -0.2) is 28.6 Å². The van der Waals surface area contributed by atoms with Gasteiger partial charge in [0.2, 0.25) is 11.7 Å². The first-order valence-corrected chi connectivity index (χ1v) is 8.94. The number of hydrogen-bond donors (Lipinski definition) is 2. The van der Waals surface area contributed by atoms with Crippen molar-refractivity contribution in [3.63, 3.8) is 0 Å². The van der Waals surface area contributed by atoms with Gasteiger partial charge in [0, 0.05) is 7.05 Å². The van der Waals surface area contributed by atoms with Gasteiger partial charge in [-0.25, -0.2) is 9.20 Å². The van der Waals surface area contributed by atoms with E-state index >= 15 is 0 Å². The van der Waals surface area contributed by atoms with Gasteiger partial charge in [-0.15, -0.1) is 0 Å². The molecule has 0 fully saturated rings. The zero-order valence-corrected chi connectivity index (χ0v) is 15.5. The van der Waals surface area contributed by atoms with Crippen molar-refractivity contribution in [1.82, 2.24) is 23.5 Å². The van der Waals surface area contributed by atoms with E-state index in [1.165, 1.54) is 20.6 Å². The molecule has 0 saturated heterocycles. The molecule has 0 aliphatic heterocycles. The van der Waals surface area contributed by atoms with Gasteiger partial charge >= 0.3 is 5.69 Å². The number of nitrogens with zero attached hydrogens (tertiary/aromatic N) is 4. The number of aromatic amines is 1. The van der Waals surface area contributed by atoms with Crippen LogP contribution < -0.4 is 16.8 Å². The van der Waals surface area contributed by atoms with E-state index in [1.807, 2.05) is 37.3 Å². The number of rotatable bonds is 4. The summed E-state index contributed by atoms with van der Waals surface area (Å²) >= 11 is 0. The summed E-state index contributed by atoms with van der Waals surface area (Å²) in [5.74, 6) is -0.0761. The summed E-state index contributed by atoms with van der Waals surface area (Å²) < 4.78 is 3.85. The smallest absolute Gasteiger partial charge is 0.329 e. The van der Waals surface area contributed by atoms with Crippen LogP contribution in [0.2, 0.25) is 0 Å². The zero-order chi connectivity index (χ0) is 20.0. The van der Waals surface area contributed by atoms with Crippen molar-refractivity contribution >= 4 is 16.9 Å². The summed E-state index contributed by atoms with van der Waals surface area (Å²) in [5.41, 5.74) is -0.658. The second-order valence-corrected chi connectivity index (χ2v) is 6.67. The average Bonchev–Trinajstić information content (AvgIpc) is 3.09. The molecule has 0 atom stereocenters. The van der Waals surface area contributed by atoms with Crippen molar-refractivity contribution in [3.8, 4) is 5.88 Å². The molecule has 144 valence electrons. The van der Waals surface area contributed by atoms with Crippen LogP contribution in [0.1, 0.15) is 24.5 Å². The molecule has 9 heteroatoms. The Morgan fingerprint density at radius 3 is 2.54 bits per heavy atom. The molecule has 0 saturated carbocycles. The number of hydrogen-bond acceptors (Lipinski definition) is 5. The molecular weight excluding hydrogens is 362 g/mol. The zero-order valence-electron chi connectivity index (χ0n) is 15.5. The number of H-pyrrole nitrogens is 1. The molecule has 0 spiro atoms. The van der Waals surface area contributed by atoms with Crippen LogP contribution in [-0.2, 0) is 20.0 Å². The highest BCUT2D eigenvalue weighted by atomic mass is 16.3. The number of fused-ring (bicyclic) bond motifs is 3. The van der Waals surface area contributed by atoms with Crippen molar-refractivity contribution in [2.75, 3.05) is 0 Å². The van der Waals surface area contributed by atoms with Crippen LogP contribution in [0.4, 0.5) is 0 Å². The van der Waals surface area contributed by atoms with Gasteiger partial charge in [-0.2, -0.15) is 4.98 Å². The predicted molar refractivity (Wildman–Crippen MR) is 104 cm³/mol. The first kappa shape index (κ1) is 17.8. The average molecular weight is 381 g/mol. The fourth-order valence-corrected chi connectivity index (χ4v) is 3.41. The summed E-state index contributed by atoms with van der Waals surface area (Å²) in [7, 11) is 1.46. The quantitative estimate of drug-likeness (QED) is 0.541. The Morgan fingerprint density at radius 1 is 1.14 bits per heavy atom. The van der Waals surface area contributed by atoms with Crippen LogP contribution in [0.15, 0.2) is 44.7 Å². The van der Waals surface area contributed by atoms with Crippen molar-refractivity contribution in [3.05, 3.63) is 72.7 Å². The maximum absolute atomic E-state index is 13.1. The molecule has 0 aliphatic rings. The Morgan fingerprint density at radius 2 is 1.86 bits per heavy atom. The van der Waals surface area contributed by atoms with E-state index in [0.717, 1.165) is 5.56 Å². The first-order valence-electron chi connectivity index (χ1n) is 8.94. The van der Waals surface area contributed by atoms with Crippen LogP contribution >= 0.6 is 0 Å². The Hall–Kier alpha value is -3.62. The lowest BCUT2D eigenvalue weighted by Crippen LogP contribution is -2.30. The molecule has 4 rings (SSSR count). The molecule has 9 nitrogen and oxygen atoms in total. The predicted octanol–water partition coefficient (Wildman–Crippen LogP) is 0.743. The molecule has 3 aromatic heterocycles. The number of imidazole rings is 1. The second-order valence-electron chi connectivity index (χ2n) is 6.67. The highest BCUT2D eigenvalue weighted by Crippen LogP contribution is 2.22. The van der Waals surface area contributed by atoms with Gasteiger partial charge < -0.3 is 5.11 Å². The van der Waals surface area contributed by atoms with E-state index in [1.54, 1.807) is 0 Å². The highest BCUT2D eigenvalue weighted by molar-refractivity contribution is 5.75. The van der Waals surface area contributed by atoms with E-state index in [4.69, 9.17) is 0 Å². The maximum atomic E-state index is 13.1. The Bertz CT molecular complexity index is 1380. The molecule has 1 aromatic carbocycles.